The molecular formula is C13H21N3S2. The van der Waals surface area contributed by atoms with Crippen LogP contribution in [0.15, 0.2) is 18.3 Å². The summed E-state index contributed by atoms with van der Waals surface area (Å²) < 4.78 is 0. The van der Waals surface area contributed by atoms with Crippen LogP contribution < -0.4 is 11.1 Å². The number of thioether (sulfide) groups is 1. The maximum Gasteiger partial charge on any atom is 0.122 e. The second kappa shape index (κ2) is 9.16. The Labute approximate surface area is 119 Å². The molecule has 1 aromatic rings. The van der Waals surface area contributed by atoms with Gasteiger partial charge in [-0.3, -0.25) is 4.98 Å². The van der Waals surface area contributed by atoms with Crippen molar-refractivity contribution in [2.24, 2.45) is 5.73 Å². The first kappa shape index (κ1) is 15.2. The minimum absolute atomic E-state index is 0.343. The zero-order valence-electron chi connectivity index (χ0n) is 10.8. The normalized spacial score (nSPS) is 10.3. The summed E-state index contributed by atoms with van der Waals surface area (Å²) in [7, 11) is 0. The van der Waals surface area contributed by atoms with Crippen LogP contribution in [0.2, 0.25) is 0 Å². The third-order valence-electron chi connectivity index (χ3n) is 2.62. The quantitative estimate of drug-likeness (QED) is 0.539. The predicted octanol–water partition coefficient (Wildman–Crippen LogP) is 3.05. The smallest absolute Gasteiger partial charge is 0.122 e. The number of aromatic nitrogens is 1. The first-order valence-electron chi connectivity index (χ1n) is 6.22. The van der Waals surface area contributed by atoms with E-state index in [9.17, 15) is 0 Å². The van der Waals surface area contributed by atoms with Crippen LogP contribution in [-0.2, 0) is 0 Å². The Bertz CT molecular complexity index is 369. The van der Waals surface area contributed by atoms with Gasteiger partial charge in [0.2, 0.25) is 0 Å². The Morgan fingerprint density at radius 2 is 2.17 bits per heavy atom. The van der Waals surface area contributed by atoms with Crippen molar-refractivity contribution < 1.29 is 0 Å². The molecule has 0 aromatic carbocycles. The number of nitrogens with one attached hydrogen (secondary N) is 1. The van der Waals surface area contributed by atoms with E-state index < -0.39 is 0 Å². The molecule has 0 atom stereocenters. The summed E-state index contributed by atoms with van der Waals surface area (Å²) >= 11 is 6.82. The maximum atomic E-state index is 5.54. The van der Waals surface area contributed by atoms with Gasteiger partial charge in [0.05, 0.1) is 5.69 Å². The Balaban J connectivity index is 2.19. The highest BCUT2D eigenvalue weighted by Gasteiger charge is 1.99. The number of nitrogens with zero attached hydrogens (tertiary/aromatic N) is 1. The van der Waals surface area contributed by atoms with Crippen molar-refractivity contribution in [3.63, 3.8) is 0 Å². The van der Waals surface area contributed by atoms with Crippen LogP contribution in [0.25, 0.3) is 0 Å². The first-order chi connectivity index (χ1) is 8.74. The summed E-state index contributed by atoms with van der Waals surface area (Å²) in [6.45, 7) is 0.986. The fourth-order valence-corrected chi connectivity index (χ4v) is 2.24. The number of pyridine rings is 1. The Kier molecular flexibility index (Phi) is 7.76. The third kappa shape index (κ3) is 6.21. The first-order valence-corrected chi connectivity index (χ1v) is 8.03. The fourth-order valence-electron chi connectivity index (χ4n) is 1.63. The third-order valence-corrected chi connectivity index (χ3v) is 3.52. The van der Waals surface area contributed by atoms with Crippen molar-refractivity contribution in [2.75, 3.05) is 23.9 Å². The molecule has 18 heavy (non-hydrogen) atoms. The van der Waals surface area contributed by atoms with E-state index in [1.54, 1.807) is 6.20 Å². The molecule has 0 radical (unpaired) electrons. The summed E-state index contributed by atoms with van der Waals surface area (Å²) in [6, 6.07) is 3.84. The minimum Gasteiger partial charge on any atom is -0.388 e. The van der Waals surface area contributed by atoms with E-state index in [-0.39, 0.29) is 0 Å². The van der Waals surface area contributed by atoms with Crippen LogP contribution in [0.3, 0.4) is 0 Å². The summed E-state index contributed by atoms with van der Waals surface area (Å²) in [5, 5.41) is 3.37. The van der Waals surface area contributed by atoms with E-state index in [4.69, 9.17) is 18.0 Å². The van der Waals surface area contributed by atoms with Gasteiger partial charge in [-0.2, -0.15) is 11.8 Å². The molecule has 3 nitrogen and oxygen atoms in total. The molecule has 0 aliphatic heterocycles. The van der Waals surface area contributed by atoms with Gasteiger partial charge in [0.25, 0.3) is 0 Å². The van der Waals surface area contributed by atoms with Gasteiger partial charge in [0, 0.05) is 18.4 Å². The molecule has 0 aliphatic rings. The summed E-state index contributed by atoms with van der Waals surface area (Å²) in [4.78, 5) is 4.45. The van der Waals surface area contributed by atoms with Crippen molar-refractivity contribution in [1.82, 2.24) is 4.98 Å². The molecule has 0 bridgehead atoms. The number of unbranched alkanes of at least 4 members (excludes halogenated alkanes) is 3. The number of thiocarbonyl (C=S) groups is 1. The molecule has 0 saturated heterocycles. The van der Waals surface area contributed by atoms with Crippen molar-refractivity contribution in [3.8, 4) is 0 Å². The van der Waals surface area contributed by atoms with Gasteiger partial charge in [0.15, 0.2) is 0 Å². The fraction of sp³-hybridized carbons (Fsp3) is 0.538. The average molecular weight is 283 g/mol. The molecule has 1 heterocycles. The Morgan fingerprint density at radius 1 is 1.39 bits per heavy atom. The molecule has 1 aromatic heterocycles. The van der Waals surface area contributed by atoms with Gasteiger partial charge in [-0.25, -0.2) is 0 Å². The van der Waals surface area contributed by atoms with E-state index in [0.717, 1.165) is 12.2 Å². The molecular weight excluding hydrogens is 262 g/mol. The zero-order chi connectivity index (χ0) is 13.2. The van der Waals surface area contributed by atoms with E-state index in [0.29, 0.717) is 10.7 Å². The van der Waals surface area contributed by atoms with Crippen molar-refractivity contribution in [3.05, 3.63) is 24.0 Å². The summed E-state index contributed by atoms with van der Waals surface area (Å²) in [6.07, 6.45) is 9.00. The zero-order valence-corrected chi connectivity index (χ0v) is 12.4. The highest BCUT2D eigenvalue weighted by atomic mass is 32.2. The molecule has 0 saturated carbocycles. The maximum absolute atomic E-state index is 5.54. The monoisotopic (exact) mass is 283 g/mol. The van der Waals surface area contributed by atoms with E-state index in [1.165, 1.54) is 31.4 Å². The predicted molar refractivity (Wildman–Crippen MR) is 85.5 cm³/mol. The topological polar surface area (TPSA) is 50.9 Å². The lowest BCUT2D eigenvalue weighted by Crippen LogP contribution is -2.12. The number of hydrogen-bond donors (Lipinski definition) is 2. The molecule has 0 aliphatic carbocycles. The molecule has 5 heteroatoms. The number of anilines is 1. The molecule has 100 valence electrons. The summed E-state index contributed by atoms with van der Waals surface area (Å²) in [5.41, 5.74) is 7.26. The largest absolute Gasteiger partial charge is 0.388 e. The Hall–Kier alpha value is -0.810. The van der Waals surface area contributed by atoms with E-state index >= 15 is 0 Å². The number of hydrogen-bond acceptors (Lipinski definition) is 4. The molecule has 0 amide bonds. The Morgan fingerprint density at radius 3 is 2.89 bits per heavy atom. The van der Waals surface area contributed by atoms with Gasteiger partial charge in [-0.15, -0.1) is 0 Å². The highest BCUT2D eigenvalue weighted by molar-refractivity contribution is 7.98. The minimum atomic E-state index is 0.343. The van der Waals surface area contributed by atoms with Gasteiger partial charge in [-0.1, -0.05) is 25.1 Å². The molecule has 0 unspecified atom stereocenters. The van der Waals surface area contributed by atoms with Crippen LogP contribution in [-0.4, -0.2) is 28.5 Å². The molecule has 1 rings (SSSR count). The lowest BCUT2D eigenvalue weighted by Gasteiger charge is -2.07. The van der Waals surface area contributed by atoms with Crippen molar-refractivity contribution in [2.45, 2.75) is 25.7 Å². The van der Waals surface area contributed by atoms with E-state index in [2.05, 4.69) is 16.6 Å². The lowest BCUT2D eigenvalue weighted by atomic mass is 10.2. The average Bonchev–Trinajstić information content (AvgIpc) is 2.38. The van der Waals surface area contributed by atoms with Crippen LogP contribution in [0.4, 0.5) is 5.69 Å². The second-order valence-corrected chi connectivity index (χ2v) is 5.55. The molecule has 3 N–H and O–H groups in total. The van der Waals surface area contributed by atoms with Crippen LogP contribution >= 0.6 is 24.0 Å². The number of nitrogens with two attached hydrogens (primary N) is 1. The molecule has 0 fully saturated rings. The van der Waals surface area contributed by atoms with Gasteiger partial charge in [-0.05, 0) is 37.0 Å². The second-order valence-electron chi connectivity index (χ2n) is 4.13. The lowest BCUT2D eigenvalue weighted by molar-refractivity contribution is 0.689. The highest BCUT2D eigenvalue weighted by Crippen LogP contribution is 2.09. The summed E-state index contributed by atoms with van der Waals surface area (Å²) in [5.74, 6) is 1.27. The van der Waals surface area contributed by atoms with Gasteiger partial charge < -0.3 is 11.1 Å². The van der Waals surface area contributed by atoms with Crippen LogP contribution in [0.5, 0.6) is 0 Å². The van der Waals surface area contributed by atoms with Gasteiger partial charge in [0.1, 0.15) is 4.99 Å². The van der Waals surface area contributed by atoms with Crippen molar-refractivity contribution in [1.29, 1.82) is 0 Å². The number of rotatable bonds is 9. The molecule has 0 spiro atoms. The van der Waals surface area contributed by atoms with Gasteiger partial charge >= 0.3 is 0 Å². The SMILES string of the molecule is CSCCCCCCNc1ccnc(C(N)=S)c1. The van der Waals surface area contributed by atoms with Crippen LogP contribution in [0.1, 0.15) is 31.4 Å². The van der Waals surface area contributed by atoms with E-state index in [1.807, 2.05) is 23.9 Å². The van der Waals surface area contributed by atoms with Crippen molar-refractivity contribution >= 4 is 34.7 Å². The van der Waals surface area contributed by atoms with Crippen LogP contribution in [0, 0.1) is 0 Å². The standard InChI is InChI=1S/C13H21N3S2/c1-18-9-5-3-2-4-7-15-11-6-8-16-12(10-11)13(14)17/h6,8,10H,2-5,7,9H2,1H3,(H2,14,17)(H,15,16).